The molecule has 2 aromatic rings. The van der Waals surface area contributed by atoms with Gasteiger partial charge >= 0.3 is 5.97 Å². The zero-order chi connectivity index (χ0) is 13.1. The van der Waals surface area contributed by atoms with Crippen molar-refractivity contribution in [3.05, 3.63) is 34.5 Å². The maximum absolute atomic E-state index is 11.7. The van der Waals surface area contributed by atoms with Gasteiger partial charge in [0.05, 0.1) is 11.6 Å². The first-order chi connectivity index (χ1) is 8.63. The number of benzene rings is 1. The normalized spacial score (nSPS) is 10.4. The maximum Gasteiger partial charge on any atom is 0.361 e. The molecule has 18 heavy (non-hydrogen) atoms. The number of rotatable bonds is 3. The van der Waals surface area contributed by atoms with Crippen molar-refractivity contribution in [1.82, 2.24) is 15.4 Å². The SMILES string of the molecule is CCOC(=O)c1n[nH]nc1-c1ccc(C)cc1Cl. The van der Waals surface area contributed by atoms with E-state index in [1.54, 1.807) is 19.1 Å². The van der Waals surface area contributed by atoms with Crippen LogP contribution in [0.2, 0.25) is 5.02 Å². The standard InChI is InChI=1S/C12H12ClN3O2/c1-3-18-12(17)11-10(14-16-15-11)8-5-4-7(2)6-9(8)13/h4-6H,3H2,1-2H3,(H,14,15,16). The number of hydrogen-bond donors (Lipinski definition) is 1. The van der Waals surface area contributed by atoms with Crippen LogP contribution in [0.3, 0.4) is 0 Å². The lowest BCUT2D eigenvalue weighted by Gasteiger charge is -2.04. The summed E-state index contributed by atoms with van der Waals surface area (Å²) in [6.07, 6.45) is 0. The highest BCUT2D eigenvalue weighted by molar-refractivity contribution is 6.33. The Kier molecular flexibility index (Phi) is 3.62. The van der Waals surface area contributed by atoms with E-state index < -0.39 is 5.97 Å². The van der Waals surface area contributed by atoms with Crippen LogP contribution in [0.25, 0.3) is 11.3 Å². The lowest BCUT2D eigenvalue weighted by atomic mass is 10.1. The average molecular weight is 266 g/mol. The van der Waals surface area contributed by atoms with Gasteiger partial charge in [-0.25, -0.2) is 4.79 Å². The van der Waals surface area contributed by atoms with Gasteiger partial charge in [-0.3, -0.25) is 0 Å². The largest absolute Gasteiger partial charge is 0.461 e. The third-order valence-electron chi connectivity index (χ3n) is 2.40. The summed E-state index contributed by atoms with van der Waals surface area (Å²) < 4.78 is 4.91. The summed E-state index contributed by atoms with van der Waals surface area (Å²) in [4.78, 5) is 11.7. The topological polar surface area (TPSA) is 67.9 Å². The third-order valence-corrected chi connectivity index (χ3v) is 2.71. The number of esters is 1. The number of halogens is 1. The van der Waals surface area contributed by atoms with Gasteiger partial charge in [0, 0.05) is 5.56 Å². The molecule has 0 aliphatic carbocycles. The molecule has 0 aliphatic heterocycles. The second-order valence-corrected chi connectivity index (χ2v) is 4.13. The van der Waals surface area contributed by atoms with Gasteiger partial charge in [-0.2, -0.15) is 10.3 Å². The van der Waals surface area contributed by atoms with Crippen LogP contribution in [0.5, 0.6) is 0 Å². The van der Waals surface area contributed by atoms with Gasteiger partial charge in [0.2, 0.25) is 0 Å². The fourth-order valence-corrected chi connectivity index (χ4v) is 1.90. The molecule has 0 spiro atoms. The van der Waals surface area contributed by atoms with Gasteiger partial charge in [-0.15, -0.1) is 5.10 Å². The lowest BCUT2D eigenvalue weighted by Crippen LogP contribution is -2.06. The van der Waals surface area contributed by atoms with Crippen molar-refractivity contribution in [3.8, 4) is 11.3 Å². The minimum atomic E-state index is -0.516. The first kappa shape index (κ1) is 12.6. The van der Waals surface area contributed by atoms with Crippen LogP contribution in [-0.4, -0.2) is 28.0 Å². The molecule has 94 valence electrons. The molecular formula is C12H12ClN3O2. The quantitative estimate of drug-likeness (QED) is 0.866. The first-order valence-electron chi connectivity index (χ1n) is 5.48. The summed E-state index contributed by atoms with van der Waals surface area (Å²) >= 11 is 6.14. The van der Waals surface area contributed by atoms with E-state index >= 15 is 0 Å². The predicted octanol–water partition coefficient (Wildman–Crippen LogP) is 2.61. The van der Waals surface area contributed by atoms with E-state index in [9.17, 15) is 4.79 Å². The van der Waals surface area contributed by atoms with E-state index in [-0.39, 0.29) is 12.3 Å². The Morgan fingerprint density at radius 2 is 2.22 bits per heavy atom. The van der Waals surface area contributed by atoms with Crippen molar-refractivity contribution in [3.63, 3.8) is 0 Å². The van der Waals surface area contributed by atoms with Gasteiger partial charge in [0.15, 0.2) is 5.69 Å². The van der Waals surface area contributed by atoms with Crippen molar-refractivity contribution in [2.45, 2.75) is 13.8 Å². The third kappa shape index (κ3) is 2.36. The molecule has 0 bridgehead atoms. The smallest absolute Gasteiger partial charge is 0.361 e. The van der Waals surface area contributed by atoms with Crippen LogP contribution >= 0.6 is 11.6 Å². The molecule has 6 heteroatoms. The number of carbonyl (C=O) groups is 1. The van der Waals surface area contributed by atoms with Crippen molar-refractivity contribution in [2.75, 3.05) is 6.61 Å². The molecule has 1 aromatic heterocycles. The number of aromatic nitrogens is 3. The molecule has 2 rings (SSSR count). The van der Waals surface area contributed by atoms with Crippen LogP contribution in [0.4, 0.5) is 0 Å². The second-order valence-electron chi connectivity index (χ2n) is 3.72. The van der Waals surface area contributed by atoms with E-state index in [2.05, 4.69) is 15.4 Å². The van der Waals surface area contributed by atoms with E-state index in [0.717, 1.165) is 5.56 Å². The highest BCUT2D eigenvalue weighted by atomic mass is 35.5. The zero-order valence-corrected chi connectivity index (χ0v) is 10.8. The minimum Gasteiger partial charge on any atom is -0.461 e. The predicted molar refractivity (Wildman–Crippen MR) is 67.5 cm³/mol. The summed E-state index contributed by atoms with van der Waals surface area (Å²) in [7, 11) is 0. The molecule has 0 unspecified atom stereocenters. The molecule has 0 atom stereocenters. The van der Waals surface area contributed by atoms with Crippen LogP contribution in [0.15, 0.2) is 18.2 Å². The Bertz CT molecular complexity index is 580. The number of carbonyl (C=O) groups excluding carboxylic acids is 1. The second kappa shape index (κ2) is 5.18. The number of H-pyrrole nitrogens is 1. The molecule has 0 saturated carbocycles. The summed E-state index contributed by atoms with van der Waals surface area (Å²) in [5.74, 6) is -0.516. The van der Waals surface area contributed by atoms with Gasteiger partial charge in [0.25, 0.3) is 0 Å². The van der Waals surface area contributed by atoms with Crippen molar-refractivity contribution < 1.29 is 9.53 Å². The Balaban J connectivity index is 2.45. The summed E-state index contributed by atoms with van der Waals surface area (Å²) in [6, 6.07) is 5.50. The Labute approximate surface area is 109 Å². The Morgan fingerprint density at radius 3 is 2.89 bits per heavy atom. The van der Waals surface area contributed by atoms with Crippen LogP contribution in [0.1, 0.15) is 23.0 Å². The van der Waals surface area contributed by atoms with E-state index in [1.807, 2.05) is 13.0 Å². The fourth-order valence-electron chi connectivity index (χ4n) is 1.57. The van der Waals surface area contributed by atoms with E-state index in [1.165, 1.54) is 0 Å². The summed E-state index contributed by atoms with van der Waals surface area (Å²) in [5.41, 5.74) is 2.23. The van der Waals surface area contributed by atoms with Crippen molar-refractivity contribution in [1.29, 1.82) is 0 Å². The molecule has 5 nitrogen and oxygen atoms in total. The van der Waals surface area contributed by atoms with Gasteiger partial charge in [-0.05, 0) is 25.5 Å². The number of hydrogen-bond acceptors (Lipinski definition) is 4. The minimum absolute atomic E-state index is 0.141. The van der Waals surface area contributed by atoms with Gasteiger partial charge in [0.1, 0.15) is 5.69 Å². The molecular weight excluding hydrogens is 254 g/mol. The molecule has 0 saturated heterocycles. The molecule has 1 N–H and O–H groups in total. The Hall–Kier alpha value is -1.88. The monoisotopic (exact) mass is 265 g/mol. The van der Waals surface area contributed by atoms with Crippen molar-refractivity contribution >= 4 is 17.6 Å². The van der Waals surface area contributed by atoms with Crippen LogP contribution in [-0.2, 0) is 4.74 Å². The summed E-state index contributed by atoms with van der Waals surface area (Å²) in [5, 5.41) is 10.7. The van der Waals surface area contributed by atoms with Gasteiger partial charge < -0.3 is 4.74 Å². The lowest BCUT2D eigenvalue weighted by molar-refractivity contribution is 0.0520. The molecule has 1 heterocycles. The molecule has 0 amide bonds. The average Bonchev–Trinajstić information content (AvgIpc) is 2.78. The fraction of sp³-hybridized carbons (Fsp3) is 0.250. The maximum atomic E-state index is 11.7. The number of nitrogens with one attached hydrogen (secondary N) is 1. The van der Waals surface area contributed by atoms with Crippen molar-refractivity contribution in [2.24, 2.45) is 0 Å². The van der Waals surface area contributed by atoms with Gasteiger partial charge in [-0.1, -0.05) is 23.7 Å². The summed E-state index contributed by atoms with van der Waals surface area (Å²) in [6.45, 7) is 3.95. The molecule has 1 aromatic carbocycles. The Morgan fingerprint density at radius 1 is 1.44 bits per heavy atom. The van der Waals surface area contributed by atoms with E-state index in [0.29, 0.717) is 16.3 Å². The molecule has 0 fully saturated rings. The van der Waals surface area contributed by atoms with E-state index in [4.69, 9.17) is 16.3 Å². The first-order valence-corrected chi connectivity index (χ1v) is 5.85. The highest BCUT2D eigenvalue weighted by Gasteiger charge is 2.20. The number of aromatic amines is 1. The number of aryl methyl sites for hydroxylation is 1. The van der Waals surface area contributed by atoms with Crippen LogP contribution < -0.4 is 0 Å². The number of ether oxygens (including phenoxy) is 1. The van der Waals surface area contributed by atoms with Crippen LogP contribution in [0, 0.1) is 6.92 Å². The highest BCUT2D eigenvalue weighted by Crippen LogP contribution is 2.28. The molecule has 0 aliphatic rings. The number of nitrogens with zero attached hydrogens (tertiary/aromatic N) is 2. The molecule has 0 radical (unpaired) electrons. The zero-order valence-electron chi connectivity index (χ0n) is 10.0.